The second-order valence-electron chi connectivity index (χ2n) is 4.89. The van der Waals surface area contributed by atoms with Gasteiger partial charge in [-0.3, -0.25) is 4.79 Å². The van der Waals surface area contributed by atoms with Crippen LogP contribution in [0.1, 0.15) is 19.8 Å². The molecule has 0 aliphatic carbocycles. The summed E-state index contributed by atoms with van der Waals surface area (Å²) in [5.74, 6) is -0.697. The summed E-state index contributed by atoms with van der Waals surface area (Å²) in [7, 11) is -3.60. The minimum atomic E-state index is -3.60. The molecule has 2 rings (SSSR count). The summed E-state index contributed by atoms with van der Waals surface area (Å²) in [5.41, 5.74) is 0. The maximum absolute atomic E-state index is 12.3. The van der Waals surface area contributed by atoms with E-state index in [-0.39, 0.29) is 11.6 Å². The molecule has 1 aliphatic rings. The average molecular weight is 287 g/mol. The SMILES string of the molecule is CC1CCCN(S(=O)(=O)c2cn(CC(=O)O)cn2)C1. The Kier molecular flexibility index (Phi) is 3.91. The molecular formula is C11H17N3O4S. The predicted octanol–water partition coefficient (Wildman–Crippen LogP) is 0.388. The molecule has 1 saturated heterocycles. The van der Waals surface area contributed by atoms with E-state index < -0.39 is 16.0 Å². The molecule has 0 bridgehead atoms. The average Bonchev–Trinajstić information content (AvgIpc) is 2.77. The van der Waals surface area contributed by atoms with Crippen molar-refractivity contribution in [2.75, 3.05) is 13.1 Å². The summed E-state index contributed by atoms with van der Waals surface area (Å²) in [5, 5.41) is 8.57. The van der Waals surface area contributed by atoms with Crippen molar-refractivity contribution in [3.8, 4) is 0 Å². The lowest BCUT2D eigenvalue weighted by molar-refractivity contribution is -0.137. The van der Waals surface area contributed by atoms with Gasteiger partial charge in [-0.05, 0) is 18.8 Å². The highest BCUT2D eigenvalue weighted by atomic mass is 32.2. The highest BCUT2D eigenvalue weighted by Crippen LogP contribution is 2.22. The number of rotatable bonds is 4. The van der Waals surface area contributed by atoms with Gasteiger partial charge in [-0.1, -0.05) is 6.92 Å². The van der Waals surface area contributed by atoms with Crippen LogP contribution in [-0.4, -0.2) is 46.4 Å². The fourth-order valence-electron chi connectivity index (χ4n) is 2.21. The van der Waals surface area contributed by atoms with E-state index in [0.717, 1.165) is 12.8 Å². The molecule has 1 aliphatic heterocycles. The molecule has 7 nitrogen and oxygen atoms in total. The number of carbonyl (C=O) groups is 1. The molecule has 1 fully saturated rings. The zero-order valence-corrected chi connectivity index (χ0v) is 11.5. The first-order valence-electron chi connectivity index (χ1n) is 6.13. The normalized spacial score (nSPS) is 21.4. The number of hydrogen-bond donors (Lipinski definition) is 1. The van der Waals surface area contributed by atoms with Gasteiger partial charge in [-0.15, -0.1) is 0 Å². The predicted molar refractivity (Wildman–Crippen MR) is 67.0 cm³/mol. The number of carboxylic acids is 1. The van der Waals surface area contributed by atoms with Crippen LogP contribution in [0.15, 0.2) is 17.6 Å². The molecule has 2 heterocycles. The largest absolute Gasteiger partial charge is 0.480 e. The minimum Gasteiger partial charge on any atom is -0.480 e. The molecule has 106 valence electrons. The number of nitrogens with zero attached hydrogens (tertiary/aromatic N) is 3. The molecule has 0 saturated carbocycles. The summed E-state index contributed by atoms with van der Waals surface area (Å²) < 4.78 is 27.3. The van der Waals surface area contributed by atoms with Crippen LogP contribution in [-0.2, 0) is 21.4 Å². The van der Waals surface area contributed by atoms with Crippen LogP contribution < -0.4 is 0 Å². The molecule has 1 atom stereocenters. The van der Waals surface area contributed by atoms with E-state index >= 15 is 0 Å². The molecule has 1 unspecified atom stereocenters. The lowest BCUT2D eigenvalue weighted by atomic mass is 10.0. The zero-order chi connectivity index (χ0) is 14.0. The Morgan fingerprint density at radius 2 is 2.32 bits per heavy atom. The van der Waals surface area contributed by atoms with E-state index in [2.05, 4.69) is 4.98 Å². The minimum absolute atomic E-state index is 0.0807. The number of hydrogen-bond acceptors (Lipinski definition) is 4. The number of imidazole rings is 1. The third-order valence-corrected chi connectivity index (χ3v) is 4.90. The van der Waals surface area contributed by atoms with Crippen molar-refractivity contribution in [1.82, 2.24) is 13.9 Å². The highest BCUT2D eigenvalue weighted by Gasteiger charge is 2.30. The van der Waals surface area contributed by atoms with Gasteiger partial charge in [0.25, 0.3) is 10.0 Å². The summed E-state index contributed by atoms with van der Waals surface area (Å²) in [4.78, 5) is 14.4. The fraction of sp³-hybridized carbons (Fsp3) is 0.636. The third kappa shape index (κ3) is 3.13. The molecule has 0 spiro atoms. The van der Waals surface area contributed by atoms with E-state index in [4.69, 9.17) is 5.11 Å². The van der Waals surface area contributed by atoms with Crippen LogP contribution in [0.5, 0.6) is 0 Å². The van der Waals surface area contributed by atoms with E-state index in [0.29, 0.717) is 19.0 Å². The molecule has 0 aromatic carbocycles. The summed E-state index contributed by atoms with van der Waals surface area (Å²) >= 11 is 0. The Bertz CT molecular complexity index is 566. The van der Waals surface area contributed by atoms with Crippen molar-refractivity contribution >= 4 is 16.0 Å². The van der Waals surface area contributed by atoms with Crippen LogP contribution in [0.4, 0.5) is 0 Å². The van der Waals surface area contributed by atoms with Gasteiger partial charge >= 0.3 is 5.97 Å². The number of carboxylic acid groups (broad SMARTS) is 1. The first-order valence-corrected chi connectivity index (χ1v) is 7.57. The quantitative estimate of drug-likeness (QED) is 0.864. The Balaban J connectivity index is 2.19. The maximum atomic E-state index is 12.3. The van der Waals surface area contributed by atoms with Gasteiger partial charge in [-0.25, -0.2) is 13.4 Å². The molecular weight excluding hydrogens is 270 g/mol. The molecule has 19 heavy (non-hydrogen) atoms. The van der Waals surface area contributed by atoms with Crippen LogP contribution in [0.3, 0.4) is 0 Å². The van der Waals surface area contributed by atoms with Crippen LogP contribution in [0.25, 0.3) is 0 Å². The molecule has 8 heteroatoms. The van der Waals surface area contributed by atoms with Crippen molar-refractivity contribution in [1.29, 1.82) is 0 Å². The lowest BCUT2D eigenvalue weighted by Crippen LogP contribution is -2.39. The fourth-order valence-corrected chi connectivity index (χ4v) is 3.75. The van der Waals surface area contributed by atoms with Crippen molar-refractivity contribution < 1.29 is 18.3 Å². The molecule has 1 aromatic rings. The molecule has 1 aromatic heterocycles. The first-order chi connectivity index (χ1) is 8.89. The van der Waals surface area contributed by atoms with Crippen molar-refractivity contribution in [3.05, 3.63) is 12.5 Å². The standard InChI is InChI=1S/C11H17N3O4S/c1-9-3-2-4-14(5-9)19(17,18)10-6-13(8-12-10)7-11(15)16/h6,8-9H,2-5,7H2,1H3,(H,15,16). The topological polar surface area (TPSA) is 92.5 Å². The maximum Gasteiger partial charge on any atom is 0.323 e. The molecule has 1 N–H and O–H groups in total. The van der Waals surface area contributed by atoms with Crippen molar-refractivity contribution in [3.63, 3.8) is 0 Å². The Morgan fingerprint density at radius 1 is 1.58 bits per heavy atom. The van der Waals surface area contributed by atoms with Crippen LogP contribution >= 0.6 is 0 Å². The number of piperidine rings is 1. The van der Waals surface area contributed by atoms with E-state index in [9.17, 15) is 13.2 Å². The van der Waals surface area contributed by atoms with Gasteiger partial charge < -0.3 is 9.67 Å². The molecule has 0 amide bonds. The monoisotopic (exact) mass is 287 g/mol. The van der Waals surface area contributed by atoms with E-state index in [1.807, 2.05) is 6.92 Å². The van der Waals surface area contributed by atoms with Gasteiger partial charge in [0, 0.05) is 19.3 Å². The Labute approximate surface area is 111 Å². The van der Waals surface area contributed by atoms with Gasteiger partial charge in [0.2, 0.25) is 0 Å². The third-order valence-electron chi connectivity index (χ3n) is 3.15. The van der Waals surface area contributed by atoms with Gasteiger partial charge in [-0.2, -0.15) is 4.31 Å². The summed E-state index contributed by atoms with van der Waals surface area (Å²) in [6.45, 7) is 2.72. The first kappa shape index (κ1) is 14.0. The van der Waals surface area contributed by atoms with Crippen LogP contribution in [0.2, 0.25) is 0 Å². The van der Waals surface area contributed by atoms with Gasteiger partial charge in [0.1, 0.15) is 6.54 Å². The van der Waals surface area contributed by atoms with Crippen molar-refractivity contribution in [2.24, 2.45) is 5.92 Å². The summed E-state index contributed by atoms with van der Waals surface area (Å²) in [6.07, 6.45) is 4.37. The number of aliphatic carboxylic acids is 1. The zero-order valence-electron chi connectivity index (χ0n) is 10.7. The van der Waals surface area contributed by atoms with E-state index in [1.165, 1.54) is 21.4 Å². The second-order valence-corrected chi connectivity index (χ2v) is 6.77. The molecule has 0 radical (unpaired) electrons. The summed E-state index contributed by atoms with van der Waals surface area (Å²) in [6, 6.07) is 0. The van der Waals surface area contributed by atoms with E-state index in [1.54, 1.807) is 0 Å². The smallest absolute Gasteiger partial charge is 0.323 e. The second kappa shape index (κ2) is 5.30. The van der Waals surface area contributed by atoms with Crippen LogP contribution in [0, 0.1) is 5.92 Å². The lowest BCUT2D eigenvalue weighted by Gasteiger charge is -2.29. The number of aromatic nitrogens is 2. The Morgan fingerprint density at radius 3 is 2.95 bits per heavy atom. The number of sulfonamides is 1. The van der Waals surface area contributed by atoms with Gasteiger partial charge in [0.15, 0.2) is 5.03 Å². The Hall–Kier alpha value is -1.41. The highest BCUT2D eigenvalue weighted by molar-refractivity contribution is 7.89. The van der Waals surface area contributed by atoms with Crippen molar-refractivity contribution in [2.45, 2.75) is 31.3 Å². The van der Waals surface area contributed by atoms with Gasteiger partial charge in [0.05, 0.1) is 6.33 Å².